The molecule has 7 heterocycles. The van der Waals surface area contributed by atoms with E-state index < -0.39 is 29.6 Å². The summed E-state index contributed by atoms with van der Waals surface area (Å²) in [5.41, 5.74) is 11.0. The lowest BCUT2D eigenvalue weighted by molar-refractivity contribution is -0.156. The zero-order chi connectivity index (χ0) is 46.9. The number of ether oxygens (including phenoxy) is 4. The lowest BCUT2D eigenvalue weighted by atomic mass is 9.80. The molecule has 2 amide bonds. The number of methoxy groups -OCH3 is 1. The van der Waals surface area contributed by atoms with Crippen LogP contribution in [-0.4, -0.2) is 113 Å². The molecule has 0 unspecified atom stereocenters. The van der Waals surface area contributed by atoms with Crippen LogP contribution >= 0.6 is 11.3 Å². The Balaban J connectivity index is 1.10. The Hall–Kier alpha value is -4.25. The van der Waals surface area contributed by atoms with Crippen molar-refractivity contribution >= 4 is 40.0 Å². The van der Waals surface area contributed by atoms with Crippen LogP contribution in [0.3, 0.4) is 0 Å². The van der Waals surface area contributed by atoms with E-state index >= 15 is 0 Å². The Bertz CT molecular complexity index is 2500. The van der Waals surface area contributed by atoms with Crippen molar-refractivity contribution in [2.75, 3.05) is 40.1 Å². The number of amides is 2. The summed E-state index contributed by atoms with van der Waals surface area (Å²) in [6.07, 6.45) is 7.36. The Morgan fingerprint density at radius 1 is 1.06 bits per heavy atom. The lowest BCUT2D eigenvalue weighted by Crippen LogP contribution is -2.61. The molecule has 2 saturated carbocycles. The Morgan fingerprint density at radius 3 is 2.51 bits per heavy atom. The maximum Gasteiger partial charge on any atom is 0.324 e. The number of thiazole rings is 1. The molecule has 6 aliphatic rings. The topological polar surface area (TPSA) is 149 Å². The molecule has 0 spiro atoms. The van der Waals surface area contributed by atoms with Crippen LogP contribution in [-0.2, 0) is 46.3 Å². The number of aryl methyl sites for hydroxylation is 1. The summed E-state index contributed by atoms with van der Waals surface area (Å²) in [6, 6.07) is 8.70. The number of esters is 1. The van der Waals surface area contributed by atoms with Crippen LogP contribution in [0.25, 0.3) is 33.4 Å². The summed E-state index contributed by atoms with van der Waals surface area (Å²) in [7, 11) is 1.75. The Labute approximate surface area is 398 Å². The normalized spacial score (nSPS) is 30.4. The second kappa shape index (κ2) is 18.6. The average Bonchev–Trinajstić information content (AvgIpc) is 4.18. The van der Waals surface area contributed by atoms with E-state index in [1.54, 1.807) is 7.11 Å². The third kappa shape index (κ3) is 8.86. The average molecular weight is 936 g/mol. The van der Waals surface area contributed by atoms with Crippen molar-refractivity contribution in [2.24, 2.45) is 23.2 Å². The number of pyridine rings is 1. The van der Waals surface area contributed by atoms with E-state index in [2.05, 4.69) is 92.2 Å². The van der Waals surface area contributed by atoms with Crippen LogP contribution in [0, 0.1) is 23.2 Å². The van der Waals surface area contributed by atoms with Gasteiger partial charge in [0.05, 0.1) is 43.0 Å². The van der Waals surface area contributed by atoms with Gasteiger partial charge in [0, 0.05) is 89.9 Å². The molecule has 3 saturated heterocycles. The standard InChI is InChI=1S/C52H69N7O7S/c1-9-57-42-16-13-31-20-37(42)39(46(57)38-21-33(23-53-44(38)30(5)63-8)32-18-35-24-64-25-36(19-32)59(35)34-14-15-34)22-52(6,7)27-66-51(62)40-12-11-17-58(56-40)50(61)45(55-48(60)43-28(3)29(43)4)47(65-10-2)49-54-41(31)26-67-49/h13,16,20-21,23,26,28-30,32,34-36,40,43,45,47,56H,9-12,14-15,17-19,22,24-25,27H2,1-8H3,(H,55,60)/t28-,29+,30-,32-,35+,36-,40-,43+,45-,47-/m0/s1. The van der Waals surface area contributed by atoms with Gasteiger partial charge in [0.2, 0.25) is 5.91 Å². The van der Waals surface area contributed by atoms with Gasteiger partial charge >= 0.3 is 5.97 Å². The summed E-state index contributed by atoms with van der Waals surface area (Å²) in [5, 5.41) is 8.30. The summed E-state index contributed by atoms with van der Waals surface area (Å²) in [6.45, 7) is 17.7. The molecule has 2 aliphatic carbocycles. The fourth-order valence-electron chi connectivity index (χ4n) is 11.8. The van der Waals surface area contributed by atoms with E-state index in [0.717, 1.165) is 70.7 Å². The number of hydrogen-bond acceptors (Lipinski definition) is 12. The predicted molar refractivity (Wildman–Crippen MR) is 257 cm³/mol. The van der Waals surface area contributed by atoms with Gasteiger partial charge in [-0.2, -0.15) is 0 Å². The quantitative estimate of drug-likeness (QED) is 0.150. The number of aromatic nitrogens is 3. The van der Waals surface area contributed by atoms with E-state index in [4.69, 9.17) is 28.9 Å². The van der Waals surface area contributed by atoms with Crippen molar-refractivity contribution < 1.29 is 33.3 Å². The molecule has 10 rings (SSSR count). The number of piperidine rings is 1. The lowest BCUT2D eigenvalue weighted by Gasteiger charge is -2.49. The molecule has 14 nitrogen and oxygen atoms in total. The minimum atomic E-state index is -1.08. The van der Waals surface area contributed by atoms with E-state index in [9.17, 15) is 14.4 Å². The summed E-state index contributed by atoms with van der Waals surface area (Å²) >= 11 is 1.42. The highest BCUT2D eigenvalue weighted by Crippen LogP contribution is 2.48. The minimum Gasteiger partial charge on any atom is -0.464 e. The number of hydrazine groups is 1. The number of carbonyl (C=O) groups is 3. The van der Waals surface area contributed by atoms with Gasteiger partial charge in [-0.05, 0) is 113 Å². The monoisotopic (exact) mass is 935 g/mol. The number of rotatable bonds is 10. The first-order valence-electron chi connectivity index (χ1n) is 24.9. The first-order chi connectivity index (χ1) is 32.3. The third-order valence-corrected chi connectivity index (χ3v) is 16.7. The van der Waals surface area contributed by atoms with Crippen molar-refractivity contribution in [1.29, 1.82) is 0 Å². The highest BCUT2D eigenvalue weighted by molar-refractivity contribution is 7.10. The van der Waals surface area contributed by atoms with Crippen LogP contribution in [0.2, 0.25) is 0 Å². The second-order valence-electron chi connectivity index (χ2n) is 21.0. The van der Waals surface area contributed by atoms with Crippen LogP contribution in [0.5, 0.6) is 0 Å². The molecule has 10 atom stereocenters. The van der Waals surface area contributed by atoms with Crippen LogP contribution in [0.1, 0.15) is 127 Å². The molecule has 4 aliphatic heterocycles. The molecular weight excluding hydrogens is 867 g/mol. The third-order valence-electron chi connectivity index (χ3n) is 15.8. The van der Waals surface area contributed by atoms with Gasteiger partial charge in [-0.15, -0.1) is 11.3 Å². The van der Waals surface area contributed by atoms with Gasteiger partial charge in [-0.3, -0.25) is 29.3 Å². The summed E-state index contributed by atoms with van der Waals surface area (Å²) < 4.78 is 27.3. The van der Waals surface area contributed by atoms with Gasteiger partial charge < -0.3 is 28.8 Å². The molecule has 360 valence electrons. The number of carbonyl (C=O) groups excluding carboxylic acids is 3. The first-order valence-corrected chi connectivity index (χ1v) is 25.8. The van der Waals surface area contributed by atoms with Crippen molar-refractivity contribution in [2.45, 2.75) is 148 Å². The fraction of sp³-hybridized carbons (Fsp3) is 0.635. The minimum absolute atomic E-state index is 0.165. The molecule has 0 radical (unpaired) electrons. The predicted octanol–water partition coefficient (Wildman–Crippen LogP) is 7.75. The number of fused-ring (bicyclic) bond motifs is 8. The fourth-order valence-corrected chi connectivity index (χ4v) is 12.7. The van der Waals surface area contributed by atoms with Gasteiger partial charge in [0.1, 0.15) is 23.2 Å². The number of hydrogen-bond donors (Lipinski definition) is 2. The van der Waals surface area contributed by atoms with Crippen molar-refractivity contribution in [3.8, 4) is 22.5 Å². The summed E-state index contributed by atoms with van der Waals surface area (Å²) in [4.78, 5) is 55.8. The van der Waals surface area contributed by atoms with Crippen molar-refractivity contribution in [3.63, 3.8) is 0 Å². The highest BCUT2D eigenvalue weighted by Gasteiger charge is 2.51. The smallest absolute Gasteiger partial charge is 0.324 e. The first kappa shape index (κ1) is 46.5. The van der Waals surface area contributed by atoms with E-state index in [-0.39, 0.29) is 42.3 Å². The van der Waals surface area contributed by atoms with Gasteiger partial charge in [0.15, 0.2) is 0 Å². The van der Waals surface area contributed by atoms with Crippen LogP contribution in [0.15, 0.2) is 35.8 Å². The second-order valence-corrected chi connectivity index (χ2v) is 21.9. The molecule has 1 aromatic carbocycles. The van der Waals surface area contributed by atoms with E-state index in [1.807, 2.05) is 12.3 Å². The van der Waals surface area contributed by atoms with Crippen LogP contribution in [0.4, 0.5) is 0 Å². The molecule has 15 heteroatoms. The Kier molecular flexibility index (Phi) is 12.9. The van der Waals surface area contributed by atoms with Crippen molar-refractivity contribution in [1.82, 2.24) is 35.2 Å². The molecule has 5 fully saturated rings. The highest BCUT2D eigenvalue weighted by atomic mass is 32.1. The SMILES string of the molecule is CCO[C@@H]1c2nc(cs2)-c2ccc3c(c2)c(c(-c2cc([C@@H]4C[C@H]5COC[C@@H](C4)N5C4CC4)cnc2[C@H](C)OC)n3CC)CC(C)(C)COC(=O)[C@@H]2CCCN(N2)C(=O)[C@H]1NC(=O)[C@H]1[C@H](C)[C@@H]1C. The van der Waals surface area contributed by atoms with Gasteiger partial charge in [0.25, 0.3) is 5.91 Å². The molecule has 4 aromatic rings. The largest absolute Gasteiger partial charge is 0.464 e. The zero-order valence-electron chi connectivity index (χ0n) is 40.5. The van der Waals surface area contributed by atoms with E-state index in [0.29, 0.717) is 68.0 Å². The van der Waals surface area contributed by atoms with Gasteiger partial charge in [-0.1, -0.05) is 33.8 Å². The maximum atomic E-state index is 14.7. The number of cyclic esters (lactones) is 1. The number of morpholine rings is 1. The molecular formula is C52H69N7O7S. The zero-order valence-corrected chi connectivity index (χ0v) is 41.3. The van der Waals surface area contributed by atoms with E-state index in [1.165, 1.54) is 34.8 Å². The van der Waals surface area contributed by atoms with Crippen LogP contribution < -0.4 is 10.7 Å². The molecule has 8 bridgehead atoms. The number of nitrogens with zero attached hydrogens (tertiary/aromatic N) is 5. The molecule has 67 heavy (non-hydrogen) atoms. The molecule has 3 aromatic heterocycles. The Morgan fingerprint density at radius 2 is 1.82 bits per heavy atom. The number of nitrogens with one attached hydrogen (secondary N) is 2. The molecule has 2 N–H and O–H groups in total. The maximum absolute atomic E-state index is 14.7. The van der Waals surface area contributed by atoms with Crippen molar-refractivity contribution in [3.05, 3.63) is 57.7 Å². The summed E-state index contributed by atoms with van der Waals surface area (Å²) in [5.74, 6) is -0.359. The van der Waals surface area contributed by atoms with Gasteiger partial charge in [-0.25, -0.2) is 10.4 Å². The number of benzene rings is 1.